The fraction of sp³-hybridized carbons (Fsp3) is 0.429. The summed E-state index contributed by atoms with van der Waals surface area (Å²) in [6, 6.07) is 7.79. The Morgan fingerprint density at radius 2 is 2.06 bits per heavy atom. The highest BCUT2D eigenvalue weighted by Gasteiger charge is 2.11. The molecule has 0 aliphatic carbocycles. The number of nitrogens with one attached hydrogen (secondary N) is 1. The monoisotopic (exact) mass is 230 g/mol. The quantitative estimate of drug-likeness (QED) is 0.850. The number of para-hydroxylation sites is 1. The van der Waals surface area contributed by atoms with Gasteiger partial charge in [-0.25, -0.2) is 0 Å². The van der Waals surface area contributed by atoms with Gasteiger partial charge in [-0.05, 0) is 38.1 Å². The molecule has 0 saturated carbocycles. The third-order valence-electron chi connectivity index (χ3n) is 3.59. The fourth-order valence-electron chi connectivity index (χ4n) is 2.62. The van der Waals surface area contributed by atoms with Gasteiger partial charge in [0.1, 0.15) is 5.75 Å². The second-order valence-corrected chi connectivity index (χ2v) is 4.83. The number of rotatable bonds is 3. The maximum Gasteiger partial charge on any atom is 0.139 e. The van der Waals surface area contributed by atoms with E-state index in [9.17, 15) is 5.11 Å². The first-order valence-electron chi connectivity index (χ1n) is 6.35. The Kier molecular flexibility index (Phi) is 2.77. The van der Waals surface area contributed by atoms with Gasteiger partial charge in [-0.15, -0.1) is 0 Å². The van der Waals surface area contributed by atoms with Crippen molar-refractivity contribution in [2.24, 2.45) is 0 Å². The number of likely N-dealkylation sites (tertiary alicyclic amines) is 1. The first-order chi connectivity index (χ1) is 8.33. The molecule has 3 rings (SSSR count). The lowest BCUT2D eigenvalue weighted by Gasteiger charge is -2.13. The van der Waals surface area contributed by atoms with Gasteiger partial charge in [-0.3, -0.25) is 0 Å². The predicted octanol–water partition coefficient (Wildman–Crippen LogP) is 2.51. The zero-order chi connectivity index (χ0) is 11.7. The Morgan fingerprint density at radius 1 is 1.24 bits per heavy atom. The Hall–Kier alpha value is -1.48. The van der Waals surface area contributed by atoms with E-state index in [0.29, 0.717) is 5.75 Å². The second-order valence-electron chi connectivity index (χ2n) is 4.83. The number of fused-ring (bicyclic) bond motifs is 1. The predicted molar refractivity (Wildman–Crippen MR) is 69.3 cm³/mol. The van der Waals surface area contributed by atoms with Gasteiger partial charge in [0.05, 0.1) is 5.52 Å². The molecule has 0 atom stereocenters. The zero-order valence-electron chi connectivity index (χ0n) is 9.95. The van der Waals surface area contributed by atoms with Crippen molar-refractivity contribution in [1.29, 1.82) is 0 Å². The minimum atomic E-state index is 0.343. The van der Waals surface area contributed by atoms with Gasteiger partial charge in [0.2, 0.25) is 0 Å². The van der Waals surface area contributed by atoms with Crippen LogP contribution in [0.3, 0.4) is 0 Å². The summed E-state index contributed by atoms with van der Waals surface area (Å²) in [5.41, 5.74) is 2.08. The molecule has 3 heteroatoms. The van der Waals surface area contributed by atoms with Gasteiger partial charge in [-0.2, -0.15) is 0 Å². The number of phenols is 1. The van der Waals surface area contributed by atoms with E-state index in [-0.39, 0.29) is 0 Å². The van der Waals surface area contributed by atoms with Crippen LogP contribution in [0, 0.1) is 0 Å². The summed E-state index contributed by atoms with van der Waals surface area (Å²) in [5.74, 6) is 0.343. The van der Waals surface area contributed by atoms with Crippen molar-refractivity contribution >= 4 is 10.9 Å². The van der Waals surface area contributed by atoms with Crippen molar-refractivity contribution in [3.8, 4) is 5.75 Å². The van der Waals surface area contributed by atoms with Crippen molar-refractivity contribution in [3.63, 3.8) is 0 Å². The van der Waals surface area contributed by atoms with Gasteiger partial charge >= 0.3 is 0 Å². The zero-order valence-corrected chi connectivity index (χ0v) is 9.95. The lowest BCUT2D eigenvalue weighted by molar-refractivity contribution is 0.342. The maximum atomic E-state index is 9.72. The lowest BCUT2D eigenvalue weighted by atomic mass is 10.2. The minimum absolute atomic E-state index is 0.343. The smallest absolute Gasteiger partial charge is 0.139 e. The van der Waals surface area contributed by atoms with Crippen LogP contribution >= 0.6 is 0 Å². The van der Waals surface area contributed by atoms with Gasteiger partial charge < -0.3 is 15.0 Å². The molecule has 1 aromatic heterocycles. The first-order valence-corrected chi connectivity index (χ1v) is 6.35. The van der Waals surface area contributed by atoms with E-state index >= 15 is 0 Å². The molecule has 2 aromatic rings. The number of hydrogen-bond donors (Lipinski definition) is 2. The van der Waals surface area contributed by atoms with Gasteiger partial charge in [-0.1, -0.05) is 12.1 Å². The van der Waals surface area contributed by atoms with E-state index < -0.39 is 0 Å². The summed E-state index contributed by atoms with van der Waals surface area (Å²) in [4.78, 5) is 5.82. The number of nitrogens with zero attached hydrogens (tertiary/aromatic N) is 1. The molecule has 2 N–H and O–H groups in total. The number of H-pyrrole nitrogens is 1. The largest absolute Gasteiger partial charge is 0.506 e. The van der Waals surface area contributed by atoms with Crippen LogP contribution in [0.5, 0.6) is 5.75 Å². The Bertz CT molecular complexity index is 512. The minimum Gasteiger partial charge on any atom is -0.506 e. The van der Waals surface area contributed by atoms with E-state index in [2.05, 4.69) is 16.0 Å². The van der Waals surface area contributed by atoms with E-state index in [1.807, 2.05) is 12.1 Å². The molecule has 0 unspecified atom stereocenters. The van der Waals surface area contributed by atoms with Crippen LogP contribution in [0.4, 0.5) is 0 Å². The fourth-order valence-corrected chi connectivity index (χ4v) is 2.62. The number of aromatic nitrogens is 1. The van der Waals surface area contributed by atoms with Gasteiger partial charge in [0.25, 0.3) is 0 Å². The molecular formula is C14H18N2O. The standard InChI is InChI=1S/C14H18N2O/c17-13-5-3-4-11-10-12(15-14(11)13)6-9-16-7-1-2-8-16/h3-5,10,15,17H,1-2,6-9H2. The van der Waals surface area contributed by atoms with E-state index in [1.54, 1.807) is 6.07 Å². The lowest BCUT2D eigenvalue weighted by Crippen LogP contribution is -2.21. The Balaban J connectivity index is 1.74. The molecule has 0 radical (unpaired) electrons. The SMILES string of the molecule is Oc1cccc2cc(CCN3CCCC3)[nH]c12. The van der Waals surface area contributed by atoms with E-state index in [4.69, 9.17) is 0 Å². The van der Waals surface area contributed by atoms with Crippen molar-refractivity contribution in [2.45, 2.75) is 19.3 Å². The summed E-state index contributed by atoms with van der Waals surface area (Å²) in [5, 5.41) is 10.8. The van der Waals surface area contributed by atoms with Crippen molar-refractivity contribution < 1.29 is 5.11 Å². The third-order valence-corrected chi connectivity index (χ3v) is 3.59. The Morgan fingerprint density at radius 3 is 2.82 bits per heavy atom. The molecular weight excluding hydrogens is 212 g/mol. The summed E-state index contributed by atoms with van der Waals surface area (Å²) in [6.07, 6.45) is 3.72. The normalized spacial score (nSPS) is 16.9. The number of aromatic amines is 1. The highest BCUT2D eigenvalue weighted by molar-refractivity contribution is 5.85. The third kappa shape index (κ3) is 2.15. The van der Waals surface area contributed by atoms with Crippen LogP contribution in [0.1, 0.15) is 18.5 Å². The number of hydrogen-bond acceptors (Lipinski definition) is 2. The van der Waals surface area contributed by atoms with Gasteiger partial charge in [0, 0.05) is 24.0 Å². The summed E-state index contributed by atoms with van der Waals surface area (Å²) in [7, 11) is 0. The molecule has 90 valence electrons. The molecule has 1 fully saturated rings. The van der Waals surface area contributed by atoms with E-state index in [0.717, 1.165) is 23.9 Å². The van der Waals surface area contributed by atoms with Crippen LogP contribution in [0.2, 0.25) is 0 Å². The molecule has 0 amide bonds. The second kappa shape index (κ2) is 4.41. The number of benzene rings is 1. The van der Waals surface area contributed by atoms with Crippen LogP contribution in [-0.4, -0.2) is 34.6 Å². The van der Waals surface area contributed by atoms with Crippen LogP contribution in [-0.2, 0) is 6.42 Å². The van der Waals surface area contributed by atoms with Crippen LogP contribution in [0.15, 0.2) is 24.3 Å². The first kappa shape index (κ1) is 10.7. The molecule has 3 nitrogen and oxygen atoms in total. The molecule has 1 saturated heterocycles. The molecule has 0 spiro atoms. The highest BCUT2D eigenvalue weighted by Crippen LogP contribution is 2.24. The van der Waals surface area contributed by atoms with Crippen LogP contribution in [0.25, 0.3) is 10.9 Å². The molecule has 0 bridgehead atoms. The molecule has 2 heterocycles. The maximum absolute atomic E-state index is 9.72. The van der Waals surface area contributed by atoms with Crippen molar-refractivity contribution in [3.05, 3.63) is 30.0 Å². The van der Waals surface area contributed by atoms with Crippen molar-refractivity contribution in [2.75, 3.05) is 19.6 Å². The molecule has 1 aliphatic heterocycles. The Labute approximate surface area is 101 Å². The summed E-state index contributed by atoms with van der Waals surface area (Å²) in [6.45, 7) is 3.60. The summed E-state index contributed by atoms with van der Waals surface area (Å²) < 4.78 is 0. The van der Waals surface area contributed by atoms with E-state index in [1.165, 1.54) is 31.6 Å². The van der Waals surface area contributed by atoms with Crippen molar-refractivity contribution in [1.82, 2.24) is 9.88 Å². The topological polar surface area (TPSA) is 39.3 Å². The number of aromatic hydroxyl groups is 1. The summed E-state index contributed by atoms with van der Waals surface area (Å²) >= 11 is 0. The number of phenolic OH excluding ortho intramolecular Hbond substituents is 1. The molecule has 1 aliphatic rings. The van der Waals surface area contributed by atoms with Crippen LogP contribution < -0.4 is 0 Å². The molecule has 17 heavy (non-hydrogen) atoms. The average molecular weight is 230 g/mol. The molecule has 1 aromatic carbocycles. The highest BCUT2D eigenvalue weighted by atomic mass is 16.3. The van der Waals surface area contributed by atoms with Gasteiger partial charge in [0.15, 0.2) is 0 Å². The average Bonchev–Trinajstić information content (AvgIpc) is 2.95.